The van der Waals surface area contributed by atoms with Crippen molar-refractivity contribution < 1.29 is 19.0 Å². The summed E-state index contributed by atoms with van der Waals surface area (Å²) >= 11 is 0. The van der Waals surface area contributed by atoms with Gasteiger partial charge in [0.2, 0.25) is 11.7 Å². The molecule has 0 aliphatic carbocycles. The van der Waals surface area contributed by atoms with Crippen LogP contribution in [0, 0.1) is 6.92 Å². The molecular weight excluding hydrogens is 348 g/mol. The number of hydrogen-bond acceptors (Lipinski definition) is 7. The van der Waals surface area contributed by atoms with Gasteiger partial charge in [-0.2, -0.15) is 9.67 Å². The third kappa shape index (κ3) is 3.41. The largest absolute Gasteiger partial charge is 0.493 e. The molecule has 0 radical (unpaired) electrons. The van der Waals surface area contributed by atoms with Crippen molar-refractivity contribution in [1.82, 2.24) is 14.8 Å². The molecule has 0 saturated carbocycles. The summed E-state index contributed by atoms with van der Waals surface area (Å²) in [6, 6.07) is 10.7. The molecule has 1 heterocycles. The Morgan fingerprint density at radius 1 is 1.00 bits per heavy atom. The van der Waals surface area contributed by atoms with E-state index in [1.807, 2.05) is 31.2 Å². The SMILES string of the molecule is COc1cc(C(=O)n2nc(-c3ccc(C)cc3)nc2N)cc(OC)c1OC. The lowest BCUT2D eigenvalue weighted by molar-refractivity contribution is 0.0947. The van der Waals surface area contributed by atoms with E-state index in [0.29, 0.717) is 23.1 Å². The lowest BCUT2D eigenvalue weighted by atomic mass is 10.1. The van der Waals surface area contributed by atoms with Gasteiger partial charge >= 0.3 is 0 Å². The second kappa shape index (κ2) is 7.36. The first kappa shape index (κ1) is 18.2. The number of methoxy groups -OCH3 is 3. The summed E-state index contributed by atoms with van der Waals surface area (Å²) in [6.07, 6.45) is 0. The van der Waals surface area contributed by atoms with Crippen molar-refractivity contribution in [3.05, 3.63) is 47.5 Å². The number of ether oxygens (including phenoxy) is 3. The van der Waals surface area contributed by atoms with Crippen LogP contribution < -0.4 is 19.9 Å². The smallest absolute Gasteiger partial charge is 0.281 e. The molecule has 3 aromatic rings. The second-order valence-electron chi connectivity index (χ2n) is 5.79. The molecule has 8 heteroatoms. The van der Waals surface area contributed by atoms with Crippen molar-refractivity contribution in [3.63, 3.8) is 0 Å². The van der Waals surface area contributed by atoms with E-state index >= 15 is 0 Å². The molecule has 140 valence electrons. The zero-order chi connectivity index (χ0) is 19.6. The molecule has 2 N–H and O–H groups in total. The fraction of sp³-hybridized carbons (Fsp3) is 0.211. The number of nitrogens with two attached hydrogens (primary N) is 1. The van der Waals surface area contributed by atoms with Crippen LogP contribution in [-0.2, 0) is 0 Å². The summed E-state index contributed by atoms with van der Waals surface area (Å²) in [5, 5.41) is 4.26. The Morgan fingerprint density at radius 2 is 1.59 bits per heavy atom. The van der Waals surface area contributed by atoms with Gasteiger partial charge in [0.1, 0.15) is 0 Å². The normalized spacial score (nSPS) is 10.5. The van der Waals surface area contributed by atoms with Crippen LogP contribution in [0.5, 0.6) is 17.2 Å². The number of carbonyl (C=O) groups excluding carboxylic acids is 1. The van der Waals surface area contributed by atoms with E-state index in [1.165, 1.54) is 33.5 Å². The van der Waals surface area contributed by atoms with E-state index in [-0.39, 0.29) is 11.5 Å². The molecule has 3 rings (SSSR count). The highest BCUT2D eigenvalue weighted by Crippen LogP contribution is 2.38. The molecule has 0 atom stereocenters. The lowest BCUT2D eigenvalue weighted by Gasteiger charge is -2.13. The molecule has 8 nitrogen and oxygen atoms in total. The average molecular weight is 368 g/mol. The van der Waals surface area contributed by atoms with Crippen LogP contribution in [0.3, 0.4) is 0 Å². The average Bonchev–Trinajstić information content (AvgIpc) is 3.08. The molecule has 1 aromatic heterocycles. The number of anilines is 1. The highest BCUT2D eigenvalue weighted by atomic mass is 16.5. The highest BCUT2D eigenvalue weighted by molar-refractivity contribution is 5.98. The fourth-order valence-electron chi connectivity index (χ4n) is 2.63. The summed E-state index contributed by atoms with van der Waals surface area (Å²) in [6.45, 7) is 1.98. The molecule has 27 heavy (non-hydrogen) atoms. The summed E-state index contributed by atoms with van der Waals surface area (Å²) in [5.74, 6) is 1.01. The van der Waals surface area contributed by atoms with Gasteiger partial charge in [-0.05, 0) is 19.1 Å². The zero-order valence-electron chi connectivity index (χ0n) is 15.5. The zero-order valence-corrected chi connectivity index (χ0v) is 15.5. The number of aromatic nitrogens is 3. The van der Waals surface area contributed by atoms with E-state index in [9.17, 15) is 4.79 Å². The van der Waals surface area contributed by atoms with E-state index < -0.39 is 5.91 Å². The van der Waals surface area contributed by atoms with Gasteiger partial charge in [0.15, 0.2) is 17.3 Å². The Hall–Kier alpha value is -3.55. The molecule has 0 unspecified atom stereocenters. The number of aryl methyl sites for hydroxylation is 1. The molecule has 0 amide bonds. The van der Waals surface area contributed by atoms with Crippen molar-refractivity contribution >= 4 is 11.9 Å². The Labute approximate surface area is 156 Å². The quantitative estimate of drug-likeness (QED) is 0.738. The lowest BCUT2D eigenvalue weighted by Crippen LogP contribution is -2.16. The number of carbonyl (C=O) groups is 1. The molecule has 0 bridgehead atoms. The number of nitrogens with zero attached hydrogens (tertiary/aromatic N) is 3. The van der Waals surface area contributed by atoms with E-state index in [1.54, 1.807) is 0 Å². The van der Waals surface area contributed by atoms with Crippen LogP contribution >= 0.6 is 0 Å². The molecular formula is C19H20N4O4. The maximum atomic E-state index is 12.9. The van der Waals surface area contributed by atoms with Crippen LogP contribution in [0.2, 0.25) is 0 Å². The van der Waals surface area contributed by atoms with Gasteiger partial charge in [0.25, 0.3) is 5.91 Å². The predicted molar refractivity (Wildman–Crippen MR) is 100 cm³/mol. The monoisotopic (exact) mass is 368 g/mol. The molecule has 0 aliphatic heterocycles. The Balaban J connectivity index is 2.02. The van der Waals surface area contributed by atoms with Crippen LogP contribution in [0.25, 0.3) is 11.4 Å². The maximum Gasteiger partial charge on any atom is 0.281 e. The maximum absolute atomic E-state index is 12.9. The van der Waals surface area contributed by atoms with Crippen LogP contribution in [0.4, 0.5) is 5.95 Å². The second-order valence-corrected chi connectivity index (χ2v) is 5.79. The molecule has 0 fully saturated rings. The standard InChI is InChI=1S/C19H20N4O4/c1-11-5-7-12(8-6-11)17-21-19(20)23(22-17)18(24)13-9-14(25-2)16(27-4)15(10-13)26-3/h5-10H,1-4H3,(H2,20,21,22). The van der Waals surface area contributed by atoms with Gasteiger partial charge in [-0.25, -0.2) is 0 Å². The summed E-state index contributed by atoms with van der Waals surface area (Å²) in [5.41, 5.74) is 8.08. The molecule has 2 aromatic carbocycles. The van der Waals surface area contributed by atoms with Gasteiger partial charge in [-0.1, -0.05) is 29.8 Å². The predicted octanol–water partition coefficient (Wildman–Crippen LogP) is 2.55. The van der Waals surface area contributed by atoms with Gasteiger partial charge in [0, 0.05) is 11.1 Å². The number of nitrogen functional groups attached to an aromatic ring is 1. The van der Waals surface area contributed by atoms with Crippen molar-refractivity contribution in [2.45, 2.75) is 6.92 Å². The Kier molecular flexibility index (Phi) is 4.98. The van der Waals surface area contributed by atoms with Gasteiger partial charge in [0.05, 0.1) is 21.3 Å². The fourth-order valence-corrected chi connectivity index (χ4v) is 2.63. The van der Waals surface area contributed by atoms with Gasteiger partial charge < -0.3 is 19.9 Å². The molecule has 0 aliphatic rings. The minimum atomic E-state index is -0.461. The van der Waals surface area contributed by atoms with E-state index in [4.69, 9.17) is 19.9 Å². The van der Waals surface area contributed by atoms with Crippen LogP contribution in [0.15, 0.2) is 36.4 Å². The van der Waals surface area contributed by atoms with Crippen molar-refractivity contribution in [1.29, 1.82) is 0 Å². The summed E-state index contributed by atoms with van der Waals surface area (Å²) < 4.78 is 16.9. The van der Waals surface area contributed by atoms with Gasteiger partial charge in [-0.3, -0.25) is 4.79 Å². The Bertz CT molecular complexity index is 955. The minimum absolute atomic E-state index is 0.00988. The summed E-state index contributed by atoms with van der Waals surface area (Å²) in [4.78, 5) is 17.1. The number of rotatable bonds is 5. The third-order valence-electron chi connectivity index (χ3n) is 4.05. The Morgan fingerprint density at radius 3 is 2.11 bits per heavy atom. The topological polar surface area (TPSA) is 101 Å². The van der Waals surface area contributed by atoms with E-state index in [2.05, 4.69) is 10.1 Å². The van der Waals surface area contributed by atoms with Crippen molar-refractivity contribution in [3.8, 4) is 28.6 Å². The first-order chi connectivity index (χ1) is 13.0. The number of benzene rings is 2. The van der Waals surface area contributed by atoms with Crippen molar-refractivity contribution in [2.75, 3.05) is 27.1 Å². The van der Waals surface area contributed by atoms with Crippen LogP contribution in [-0.4, -0.2) is 42.0 Å². The highest BCUT2D eigenvalue weighted by Gasteiger charge is 2.21. The van der Waals surface area contributed by atoms with Gasteiger partial charge in [-0.15, -0.1) is 5.10 Å². The van der Waals surface area contributed by atoms with Crippen LogP contribution in [0.1, 0.15) is 15.9 Å². The van der Waals surface area contributed by atoms with Crippen molar-refractivity contribution in [2.24, 2.45) is 0 Å². The van der Waals surface area contributed by atoms with E-state index in [0.717, 1.165) is 15.8 Å². The number of hydrogen-bond donors (Lipinski definition) is 1. The summed E-state index contributed by atoms with van der Waals surface area (Å²) in [7, 11) is 4.45. The molecule has 0 spiro atoms. The first-order valence-electron chi connectivity index (χ1n) is 8.12. The third-order valence-corrected chi connectivity index (χ3v) is 4.05. The first-order valence-corrected chi connectivity index (χ1v) is 8.12. The minimum Gasteiger partial charge on any atom is -0.493 e. The molecule has 0 saturated heterocycles.